The molecule has 19 heavy (non-hydrogen) atoms. The monoisotopic (exact) mass is 327 g/mol. The van der Waals surface area contributed by atoms with Gasteiger partial charge in [0.15, 0.2) is 0 Å². The molecule has 0 bridgehead atoms. The molecule has 1 saturated carbocycles. The Hall–Kier alpha value is -0.580. The lowest BCUT2D eigenvalue weighted by Crippen LogP contribution is -2.21. The summed E-state index contributed by atoms with van der Waals surface area (Å²) in [7, 11) is 1.84. The van der Waals surface area contributed by atoms with Crippen LogP contribution >= 0.6 is 15.9 Å². The van der Waals surface area contributed by atoms with E-state index in [1.807, 2.05) is 26.1 Å². The minimum absolute atomic E-state index is 0.523. The molecule has 1 aliphatic rings. The topological polar surface area (TPSA) is 41.5 Å². The Labute approximate surface area is 123 Å². The van der Waals surface area contributed by atoms with Gasteiger partial charge in [-0.05, 0) is 66.4 Å². The van der Waals surface area contributed by atoms with Crippen molar-refractivity contribution in [1.29, 1.82) is 0 Å². The average Bonchev–Trinajstić information content (AvgIpc) is 2.29. The van der Waals surface area contributed by atoms with E-state index in [9.17, 15) is 5.11 Å². The van der Waals surface area contributed by atoms with Gasteiger partial charge in [0, 0.05) is 12.1 Å². The number of benzene rings is 1. The van der Waals surface area contributed by atoms with Gasteiger partial charge in [0.1, 0.15) is 5.75 Å². The fraction of sp³-hybridized carbons (Fsp3) is 0.600. The summed E-state index contributed by atoms with van der Waals surface area (Å²) in [6.45, 7) is 3.30. The van der Waals surface area contributed by atoms with Gasteiger partial charge in [0.2, 0.25) is 0 Å². The van der Waals surface area contributed by atoms with Crippen molar-refractivity contribution in [2.75, 3.05) is 20.2 Å². The van der Waals surface area contributed by atoms with Crippen LogP contribution in [0.15, 0.2) is 16.6 Å². The predicted octanol–water partition coefficient (Wildman–Crippen LogP) is 3.19. The molecule has 3 nitrogen and oxygen atoms in total. The van der Waals surface area contributed by atoms with Crippen LogP contribution in [0.25, 0.3) is 0 Å². The minimum atomic E-state index is -0.544. The second-order valence-corrected chi connectivity index (χ2v) is 6.20. The lowest BCUT2D eigenvalue weighted by molar-refractivity contribution is 0.154. The number of likely N-dealkylation sites (N-methyl/N-ethyl adjacent to an activating group) is 1. The van der Waals surface area contributed by atoms with Crippen molar-refractivity contribution in [3.05, 3.63) is 27.7 Å². The van der Waals surface area contributed by atoms with Gasteiger partial charge in [0.05, 0.1) is 17.2 Å². The molecule has 106 valence electrons. The molecular weight excluding hydrogens is 306 g/mol. The zero-order chi connectivity index (χ0) is 13.8. The molecule has 1 aromatic carbocycles. The van der Waals surface area contributed by atoms with Crippen LogP contribution in [0.5, 0.6) is 5.75 Å². The van der Waals surface area contributed by atoms with Crippen molar-refractivity contribution in [3.63, 3.8) is 0 Å². The van der Waals surface area contributed by atoms with Crippen molar-refractivity contribution in [2.45, 2.75) is 32.3 Å². The molecule has 2 rings (SSSR count). The molecule has 1 aliphatic carbocycles. The van der Waals surface area contributed by atoms with E-state index in [-0.39, 0.29) is 0 Å². The first-order valence-electron chi connectivity index (χ1n) is 6.87. The van der Waals surface area contributed by atoms with Crippen LogP contribution in [-0.4, -0.2) is 25.3 Å². The van der Waals surface area contributed by atoms with E-state index in [4.69, 9.17) is 4.74 Å². The number of rotatable bonds is 6. The molecule has 1 fully saturated rings. The number of aliphatic hydroxyl groups is 1. The van der Waals surface area contributed by atoms with Crippen molar-refractivity contribution in [1.82, 2.24) is 5.32 Å². The summed E-state index contributed by atoms with van der Waals surface area (Å²) in [6.07, 6.45) is 3.30. The van der Waals surface area contributed by atoms with Gasteiger partial charge in [-0.15, -0.1) is 0 Å². The first-order chi connectivity index (χ1) is 9.11. The third-order valence-electron chi connectivity index (χ3n) is 3.66. The highest BCUT2D eigenvalue weighted by Gasteiger charge is 2.21. The maximum absolute atomic E-state index is 10.2. The normalized spacial score (nSPS) is 17.1. The maximum atomic E-state index is 10.2. The van der Waals surface area contributed by atoms with Gasteiger partial charge < -0.3 is 15.2 Å². The Morgan fingerprint density at radius 3 is 2.79 bits per heavy atom. The fourth-order valence-corrected chi connectivity index (χ4v) is 3.02. The molecule has 1 aromatic rings. The number of aliphatic hydroxyl groups excluding tert-OH is 1. The number of nitrogens with one attached hydrogen (secondary N) is 1. The van der Waals surface area contributed by atoms with E-state index in [0.717, 1.165) is 28.0 Å². The lowest BCUT2D eigenvalue weighted by Gasteiger charge is -2.27. The standard InChI is InChI=1S/C15H22BrNO2/c1-10-6-12(14(18)8-17-2)15(13(16)7-10)19-9-11-4-3-5-11/h6-7,11,14,17-18H,3-5,8-9H2,1-2H3. The largest absolute Gasteiger partial charge is 0.492 e. The van der Waals surface area contributed by atoms with E-state index < -0.39 is 6.10 Å². The lowest BCUT2D eigenvalue weighted by atomic mass is 9.86. The molecule has 2 N–H and O–H groups in total. The summed E-state index contributed by atoms with van der Waals surface area (Å²) < 4.78 is 6.89. The van der Waals surface area contributed by atoms with Gasteiger partial charge in [-0.3, -0.25) is 0 Å². The Bertz CT molecular complexity index is 432. The second kappa shape index (κ2) is 6.73. The minimum Gasteiger partial charge on any atom is -0.492 e. The van der Waals surface area contributed by atoms with Crippen LogP contribution in [0.1, 0.15) is 36.5 Å². The highest BCUT2D eigenvalue weighted by molar-refractivity contribution is 9.10. The molecule has 0 spiro atoms. The first kappa shape index (κ1) is 14.8. The van der Waals surface area contributed by atoms with Gasteiger partial charge in [-0.25, -0.2) is 0 Å². The maximum Gasteiger partial charge on any atom is 0.139 e. The van der Waals surface area contributed by atoms with Crippen LogP contribution in [0.3, 0.4) is 0 Å². The molecule has 1 atom stereocenters. The Morgan fingerprint density at radius 1 is 1.47 bits per heavy atom. The zero-order valence-corrected chi connectivity index (χ0v) is 13.2. The quantitative estimate of drug-likeness (QED) is 0.843. The number of halogens is 1. The predicted molar refractivity (Wildman–Crippen MR) is 80.6 cm³/mol. The summed E-state index contributed by atoms with van der Waals surface area (Å²) in [5.74, 6) is 1.47. The molecule has 0 radical (unpaired) electrons. The van der Waals surface area contributed by atoms with Crippen LogP contribution in [-0.2, 0) is 0 Å². The van der Waals surface area contributed by atoms with Crippen molar-refractivity contribution in [2.24, 2.45) is 5.92 Å². The summed E-state index contributed by atoms with van der Waals surface area (Å²) in [6, 6.07) is 4.04. The second-order valence-electron chi connectivity index (χ2n) is 5.35. The third-order valence-corrected chi connectivity index (χ3v) is 4.25. The van der Waals surface area contributed by atoms with Crippen molar-refractivity contribution in [3.8, 4) is 5.75 Å². The molecule has 0 amide bonds. The highest BCUT2D eigenvalue weighted by Crippen LogP contribution is 2.36. The molecule has 0 aromatic heterocycles. The van der Waals surface area contributed by atoms with Crippen molar-refractivity contribution < 1.29 is 9.84 Å². The first-order valence-corrected chi connectivity index (χ1v) is 7.66. The van der Waals surface area contributed by atoms with E-state index in [1.165, 1.54) is 19.3 Å². The number of hydrogen-bond acceptors (Lipinski definition) is 3. The highest BCUT2D eigenvalue weighted by atomic mass is 79.9. The molecule has 0 aliphatic heterocycles. The number of hydrogen-bond donors (Lipinski definition) is 2. The van der Waals surface area contributed by atoms with Gasteiger partial charge in [-0.2, -0.15) is 0 Å². The zero-order valence-electron chi connectivity index (χ0n) is 11.6. The van der Waals surface area contributed by atoms with Gasteiger partial charge in [0.25, 0.3) is 0 Å². The van der Waals surface area contributed by atoms with E-state index in [1.54, 1.807) is 0 Å². The molecule has 0 heterocycles. The Morgan fingerprint density at radius 2 is 2.21 bits per heavy atom. The third kappa shape index (κ3) is 3.71. The fourth-order valence-electron chi connectivity index (χ4n) is 2.32. The van der Waals surface area contributed by atoms with Gasteiger partial charge in [-0.1, -0.05) is 6.42 Å². The average molecular weight is 328 g/mol. The van der Waals surface area contributed by atoms with E-state index in [0.29, 0.717) is 12.5 Å². The molecule has 4 heteroatoms. The Kier molecular flexibility index (Phi) is 5.25. The summed E-state index contributed by atoms with van der Waals surface area (Å²) in [5.41, 5.74) is 1.98. The van der Waals surface area contributed by atoms with E-state index in [2.05, 4.69) is 21.2 Å². The molecule has 0 saturated heterocycles. The SMILES string of the molecule is CNCC(O)c1cc(C)cc(Br)c1OCC1CCC1. The van der Waals surface area contributed by atoms with E-state index >= 15 is 0 Å². The number of ether oxygens (including phenoxy) is 1. The van der Waals surface area contributed by atoms with Crippen LogP contribution < -0.4 is 10.1 Å². The molecular formula is C15H22BrNO2. The van der Waals surface area contributed by atoms with Crippen LogP contribution in [0, 0.1) is 12.8 Å². The molecule has 1 unspecified atom stereocenters. The Balaban J connectivity index is 2.17. The summed E-state index contributed by atoms with van der Waals surface area (Å²) in [5, 5.41) is 13.2. The summed E-state index contributed by atoms with van der Waals surface area (Å²) in [4.78, 5) is 0. The van der Waals surface area contributed by atoms with Crippen LogP contribution in [0.2, 0.25) is 0 Å². The smallest absolute Gasteiger partial charge is 0.139 e. The van der Waals surface area contributed by atoms with Gasteiger partial charge >= 0.3 is 0 Å². The van der Waals surface area contributed by atoms with Crippen molar-refractivity contribution >= 4 is 15.9 Å². The summed E-state index contributed by atoms with van der Waals surface area (Å²) >= 11 is 3.55. The number of aryl methyl sites for hydroxylation is 1. The van der Waals surface area contributed by atoms with Crippen LogP contribution in [0.4, 0.5) is 0 Å².